The predicted octanol–water partition coefficient (Wildman–Crippen LogP) is 5.45. The molecule has 1 aromatic rings. The lowest BCUT2D eigenvalue weighted by Crippen LogP contribution is -2.52. The van der Waals surface area contributed by atoms with Crippen LogP contribution in [0.25, 0.3) is 0 Å². The maximum Gasteiger partial charge on any atom is 0.324 e. The molecule has 3 N–H and O–H groups in total. The fourth-order valence-corrected chi connectivity index (χ4v) is 3.23. The van der Waals surface area contributed by atoms with E-state index in [4.69, 9.17) is 19.9 Å². The number of rotatable bonds is 14. The molecular weight excluding hydrogens is 502 g/mol. The van der Waals surface area contributed by atoms with Crippen molar-refractivity contribution in [3.05, 3.63) is 23.8 Å². The van der Waals surface area contributed by atoms with Gasteiger partial charge in [0.2, 0.25) is 0 Å². The zero-order valence-corrected chi connectivity index (χ0v) is 25.2. The number of carboxylic acids is 1. The van der Waals surface area contributed by atoms with Crippen LogP contribution >= 0.6 is 0 Å². The van der Waals surface area contributed by atoms with Crippen molar-refractivity contribution >= 4 is 23.9 Å². The molecule has 0 aliphatic heterocycles. The van der Waals surface area contributed by atoms with Crippen molar-refractivity contribution < 1.29 is 38.5 Å². The SMILES string of the molecule is CCC(C)(C)C(=O)Oc1ccc(CC(N)(C[C@H](C)OC(=O)C(C)(C)CC)C(=O)O)cc1OC(=O)C(C)(C)CC. The monoisotopic (exact) mass is 549 g/mol. The zero-order chi connectivity index (χ0) is 30.4. The number of ether oxygens (including phenoxy) is 3. The molecule has 220 valence electrons. The maximum atomic E-state index is 12.9. The number of hydrogen-bond acceptors (Lipinski definition) is 8. The Labute approximate surface area is 232 Å². The fourth-order valence-electron chi connectivity index (χ4n) is 3.23. The van der Waals surface area contributed by atoms with Crippen LogP contribution in [0.4, 0.5) is 0 Å². The molecule has 39 heavy (non-hydrogen) atoms. The average Bonchev–Trinajstić information content (AvgIpc) is 2.84. The summed E-state index contributed by atoms with van der Waals surface area (Å²) < 4.78 is 16.8. The van der Waals surface area contributed by atoms with E-state index in [1.54, 1.807) is 54.5 Å². The highest BCUT2D eigenvalue weighted by Crippen LogP contribution is 2.35. The van der Waals surface area contributed by atoms with Crippen LogP contribution in [0.5, 0.6) is 11.5 Å². The second-order valence-corrected chi connectivity index (χ2v) is 12.3. The Bertz CT molecular complexity index is 1060. The summed E-state index contributed by atoms with van der Waals surface area (Å²) in [4.78, 5) is 50.4. The Kier molecular flexibility index (Phi) is 11.3. The number of carbonyl (C=O) groups is 4. The van der Waals surface area contributed by atoms with E-state index in [1.165, 1.54) is 12.1 Å². The summed E-state index contributed by atoms with van der Waals surface area (Å²) in [7, 11) is 0. The van der Waals surface area contributed by atoms with Gasteiger partial charge in [-0.3, -0.25) is 19.2 Å². The topological polar surface area (TPSA) is 142 Å². The van der Waals surface area contributed by atoms with E-state index in [-0.39, 0.29) is 24.3 Å². The summed E-state index contributed by atoms with van der Waals surface area (Å²) in [5.74, 6) is -2.67. The van der Waals surface area contributed by atoms with E-state index < -0.39 is 51.8 Å². The molecule has 0 heterocycles. The highest BCUT2D eigenvalue weighted by molar-refractivity contribution is 5.82. The van der Waals surface area contributed by atoms with Gasteiger partial charge in [-0.1, -0.05) is 26.8 Å². The predicted molar refractivity (Wildman–Crippen MR) is 148 cm³/mol. The van der Waals surface area contributed by atoms with Gasteiger partial charge in [0, 0.05) is 12.8 Å². The van der Waals surface area contributed by atoms with Crippen LogP contribution < -0.4 is 15.2 Å². The molecule has 0 fully saturated rings. The third kappa shape index (κ3) is 9.05. The van der Waals surface area contributed by atoms with Crippen molar-refractivity contribution in [2.24, 2.45) is 22.0 Å². The minimum atomic E-state index is -1.79. The van der Waals surface area contributed by atoms with Crippen molar-refractivity contribution in [3.63, 3.8) is 0 Å². The highest BCUT2D eigenvalue weighted by Gasteiger charge is 2.39. The number of aliphatic carboxylic acids is 1. The molecule has 0 aliphatic carbocycles. The first-order valence-corrected chi connectivity index (χ1v) is 13.6. The van der Waals surface area contributed by atoms with Crippen LogP contribution in [0.1, 0.15) is 100 Å². The zero-order valence-electron chi connectivity index (χ0n) is 25.2. The highest BCUT2D eigenvalue weighted by atomic mass is 16.6. The molecule has 2 atom stereocenters. The Morgan fingerprint density at radius 3 is 1.67 bits per heavy atom. The molecular formula is C30H47NO8. The lowest BCUT2D eigenvalue weighted by atomic mass is 9.86. The van der Waals surface area contributed by atoms with Crippen LogP contribution in [-0.2, 0) is 30.3 Å². The first-order chi connectivity index (χ1) is 17.7. The van der Waals surface area contributed by atoms with Crippen LogP contribution in [-0.4, -0.2) is 40.6 Å². The van der Waals surface area contributed by atoms with Crippen molar-refractivity contribution in [3.8, 4) is 11.5 Å². The molecule has 1 unspecified atom stereocenters. The Morgan fingerprint density at radius 1 is 0.795 bits per heavy atom. The van der Waals surface area contributed by atoms with E-state index in [2.05, 4.69) is 0 Å². The van der Waals surface area contributed by atoms with Gasteiger partial charge in [0.1, 0.15) is 11.6 Å². The van der Waals surface area contributed by atoms with Crippen molar-refractivity contribution in [1.82, 2.24) is 0 Å². The van der Waals surface area contributed by atoms with Gasteiger partial charge < -0.3 is 25.1 Å². The minimum Gasteiger partial charge on any atom is -0.480 e. The van der Waals surface area contributed by atoms with Gasteiger partial charge >= 0.3 is 23.9 Å². The lowest BCUT2D eigenvalue weighted by Gasteiger charge is -2.30. The first kappa shape index (κ1) is 34.1. The molecule has 0 saturated heterocycles. The van der Waals surface area contributed by atoms with E-state index in [9.17, 15) is 24.3 Å². The van der Waals surface area contributed by atoms with Gasteiger partial charge in [-0.2, -0.15) is 0 Å². The summed E-state index contributed by atoms with van der Waals surface area (Å²) in [5.41, 5.74) is 2.72. The molecule has 0 radical (unpaired) electrons. The van der Waals surface area contributed by atoms with Crippen molar-refractivity contribution in [1.29, 1.82) is 0 Å². The summed E-state index contributed by atoms with van der Waals surface area (Å²) in [6, 6.07) is 4.51. The van der Waals surface area contributed by atoms with Gasteiger partial charge in [-0.05, 0) is 85.4 Å². The molecule has 9 nitrogen and oxygen atoms in total. The largest absolute Gasteiger partial charge is 0.480 e. The van der Waals surface area contributed by atoms with Gasteiger partial charge in [-0.15, -0.1) is 0 Å². The number of benzene rings is 1. The van der Waals surface area contributed by atoms with E-state index in [0.29, 0.717) is 24.8 Å². The molecule has 0 bridgehead atoms. The van der Waals surface area contributed by atoms with E-state index in [0.717, 1.165) is 0 Å². The van der Waals surface area contributed by atoms with Crippen LogP contribution in [0, 0.1) is 16.2 Å². The fraction of sp³-hybridized carbons (Fsp3) is 0.667. The molecule has 0 saturated carbocycles. The standard InChI is InChI=1S/C30H47NO8/c1-11-27(5,6)24(34)37-19(4)17-30(31,23(32)33)18-20-14-15-21(38-25(35)28(7,8)12-2)22(16-20)39-26(36)29(9,10)13-3/h14-16,19H,11-13,17-18,31H2,1-10H3,(H,32,33)/t19-,30?/m0/s1. The summed E-state index contributed by atoms with van der Waals surface area (Å²) in [5, 5.41) is 10.0. The maximum absolute atomic E-state index is 12.9. The first-order valence-electron chi connectivity index (χ1n) is 13.6. The smallest absolute Gasteiger partial charge is 0.324 e. The Hall–Kier alpha value is -2.94. The van der Waals surface area contributed by atoms with Gasteiger partial charge in [0.05, 0.1) is 16.2 Å². The number of carbonyl (C=O) groups excluding carboxylic acids is 3. The second-order valence-electron chi connectivity index (χ2n) is 12.3. The Morgan fingerprint density at radius 2 is 1.23 bits per heavy atom. The Balaban J connectivity index is 3.36. The summed E-state index contributed by atoms with van der Waals surface area (Å²) in [6.45, 7) is 17.7. The normalized spacial score (nSPS) is 14.6. The number of nitrogens with two attached hydrogens (primary N) is 1. The average molecular weight is 550 g/mol. The van der Waals surface area contributed by atoms with Crippen LogP contribution in [0.3, 0.4) is 0 Å². The minimum absolute atomic E-state index is 0.00353. The summed E-state index contributed by atoms with van der Waals surface area (Å²) >= 11 is 0. The van der Waals surface area contributed by atoms with Gasteiger partial charge in [-0.25, -0.2) is 0 Å². The van der Waals surface area contributed by atoms with Crippen LogP contribution in [0.2, 0.25) is 0 Å². The van der Waals surface area contributed by atoms with Crippen molar-refractivity contribution in [2.45, 2.75) is 113 Å². The van der Waals surface area contributed by atoms with E-state index in [1.807, 2.05) is 20.8 Å². The number of carboxylic acid groups (broad SMARTS) is 1. The van der Waals surface area contributed by atoms with Crippen LogP contribution in [0.15, 0.2) is 18.2 Å². The van der Waals surface area contributed by atoms with Gasteiger partial charge in [0.25, 0.3) is 0 Å². The summed E-state index contributed by atoms with van der Waals surface area (Å²) in [6.07, 6.45) is 0.552. The second kappa shape index (κ2) is 12.9. The molecule has 0 spiro atoms. The lowest BCUT2D eigenvalue weighted by molar-refractivity contribution is -0.162. The quantitative estimate of drug-likeness (QED) is 0.229. The molecule has 1 aromatic carbocycles. The third-order valence-electron chi connectivity index (χ3n) is 7.63. The molecule has 0 aromatic heterocycles. The molecule has 9 heteroatoms. The van der Waals surface area contributed by atoms with Gasteiger partial charge in [0.15, 0.2) is 11.5 Å². The molecule has 0 aliphatic rings. The molecule has 0 amide bonds. The van der Waals surface area contributed by atoms with E-state index >= 15 is 0 Å². The molecule has 1 rings (SSSR count). The number of esters is 3. The third-order valence-corrected chi connectivity index (χ3v) is 7.63. The van der Waals surface area contributed by atoms with Crippen molar-refractivity contribution in [2.75, 3.05) is 0 Å². The number of hydrogen-bond donors (Lipinski definition) is 2.